The normalized spacial score (nSPS) is 15.2. The maximum absolute atomic E-state index is 13.5. The first-order valence-electron chi connectivity index (χ1n) is 10.4. The van der Waals surface area contributed by atoms with Crippen LogP contribution in [0.15, 0.2) is 72.8 Å². The molecule has 1 saturated heterocycles. The monoisotopic (exact) mass is 417 g/mol. The lowest BCUT2D eigenvalue weighted by atomic mass is 9.73. The molecule has 1 aliphatic rings. The second kappa shape index (κ2) is 9.23. The quantitative estimate of drug-likeness (QED) is 0.609. The first-order valence-corrected chi connectivity index (χ1v) is 10.4. The second-order valence-electron chi connectivity index (χ2n) is 7.65. The zero-order chi connectivity index (χ0) is 21.7. The number of hydrogen-bond acceptors (Lipinski definition) is 4. The van der Waals surface area contributed by atoms with Crippen LogP contribution in [-0.4, -0.2) is 33.3 Å². The molecule has 5 heteroatoms. The summed E-state index contributed by atoms with van der Waals surface area (Å²) in [6.07, 6.45) is 1.29. The van der Waals surface area contributed by atoms with Crippen LogP contribution in [0.1, 0.15) is 18.4 Å². The van der Waals surface area contributed by atoms with Crippen molar-refractivity contribution in [3.05, 3.63) is 78.4 Å². The lowest BCUT2D eigenvalue weighted by Crippen LogP contribution is -2.44. The molecule has 0 unspecified atom stereocenters. The van der Waals surface area contributed by atoms with Gasteiger partial charge in [0.25, 0.3) is 0 Å². The molecule has 0 spiro atoms. The number of rotatable bonds is 6. The van der Waals surface area contributed by atoms with E-state index in [-0.39, 0.29) is 5.91 Å². The number of amides is 1. The van der Waals surface area contributed by atoms with E-state index in [1.54, 1.807) is 14.2 Å². The summed E-state index contributed by atoms with van der Waals surface area (Å²) in [6, 6.07) is 23.5. The fourth-order valence-corrected chi connectivity index (χ4v) is 4.14. The van der Waals surface area contributed by atoms with Gasteiger partial charge in [-0.1, -0.05) is 42.5 Å². The van der Waals surface area contributed by atoms with E-state index in [2.05, 4.69) is 5.32 Å². The zero-order valence-corrected chi connectivity index (χ0v) is 17.9. The summed E-state index contributed by atoms with van der Waals surface area (Å²) in [5.74, 6) is 1.59. The Morgan fingerprint density at radius 1 is 0.871 bits per heavy atom. The molecular weight excluding hydrogens is 390 g/mol. The lowest BCUT2D eigenvalue weighted by molar-refractivity contribution is -0.125. The molecule has 0 bridgehead atoms. The van der Waals surface area contributed by atoms with Gasteiger partial charge in [0.2, 0.25) is 5.91 Å². The molecule has 1 aliphatic heterocycles. The molecule has 5 nitrogen and oxygen atoms in total. The summed E-state index contributed by atoms with van der Waals surface area (Å²) in [6.45, 7) is 1.12. The molecule has 1 heterocycles. The fourth-order valence-electron chi connectivity index (χ4n) is 4.14. The van der Waals surface area contributed by atoms with E-state index in [0.29, 0.717) is 26.1 Å². The Balaban J connectivity index is 1.57. The number of hydrogen-bond donors (Lipinski definition) is 1. The Morgan fingerprint density at radius 2 is 1.55 bits per heavy atom. The average molecular weight is 418 g/mol. The first-order chi connectivity index (χ1) is 15.2. The Kier molecular flexibility index (Phi) is 6.23. The van der Waals surface area contributed by atoms with E-state index >= 15 is 0 Å². The standard InChI is InChI=1S/C26H27NO4/c1-29-22-13-9-20(10-14-22)26(15-17-31-18-16-26)25(28)27-21-11-7-19(8-12-21)23-5-3-4-6-24(23)30-2/h3-14H,15-18H2,1-2H3,(H,27,28). The smallest absolute Gasteiger partial charge is 0.235 e. The Morgan fingerprint density at radius 3 is 2.19 bits per heavy atom. The van der Waals surface area contributed by atoms with Crippen molar-refractivity contribution in [1.82, 2.24) is 0 Å². The minimum atomic E-state index is -0.619. The van der Waals surface area contributed by atoms with Crippen LogP contribution in [0.3, 0.4) is 0 Å². The van der Waals surface area contributed by atoms with Crippen molar-refractivity contribution in [3.8, 4) is 22.6 Å². The molecule has 1 fully saturated rings. The third-order valence-corrected chi connectivity index (χ3v) is 5.98. The van der Waals surface area contributed by atoms with Crippen molar-refractivity contribution in [1.29, 1.82) is 0 Å². The van der Waals surface area contributed by atoms with Gasteiger partial charge in [-0.05, 0) is 54.3 Å². The molecule has 0 saturated carbocycles. The predicted octanol–water partition coefficient (Wildman–Crippen LogP) is 5.06. The van der Waals surface area contributed by atoms with E-state index in [1.807, 2.05) is 72.8 Å². The molecule has 160 valence electrons. The molecule has 0 radical (unpaired) electrons. The highest BCUT2D eigenvalue weighted by Crippen LogP contribution is 2.37. The van der Waals surface area contributed by atoms with Crippen molar-refractivity contribution >= 4 is 11.6 Å². The van der Waals surface area contributed by atoms with Crippen LogP contribution in [0.5, 0.6) is 11.5 Å². The van der Waals surface area contributed by atoms with Crippen LogP contribution in [0.25, 0.3) is 11.1 Å². The van der Waals surface area contributed by atoms with Gasteiger partial charge in [-0.3, -0.25) is 4.79 Å². The Hall–Kier alpha value is -3.31. The molecule has 1 amide bonds. The van der Waals surface area contributed by atoms with Crippen molar-refractivity contribution in [2.45, 2.75) is 18.3 Å². The van der Waals surface area contributed by atoms with Gasteiger partial charge in [0.05, 0.1) is 19.6 Å². The second-order valence-corrected chi connectivity index (χ2v) is 7.65. The van der Waals surface area contributed by atoms with E-state index in [1.165, 1.54) is 0 Å². The molecule has 1 N–H and O–H groups in total. The van der Waals surface area contributed by atoms with Crippen LogP contribution in [0.4, 0.5) is 5.69 Å². The van der Waals surface area contributed by atoms with E-state index in [9.17, 15) is 4.79 Å². The number of nitrogens with one attached hydrogen (secondary N) is 1. The highest BCUT2D eigenvalue weighted by atomic mass is 16.5. The topological polar surface area (TPSA) is 56.8 Å². The molecule has 0 aromatic heterocycles. The van der Waals surface area contributed by atoms with E-state index in [4.69, 9.17) is 14.2 Å². The minimum Gasteiger partial charge on any atom is -0.497 e. The van der Waals surface area contributed by atoms with Gasteiger partial charge >= 0.3 is 0 Å². The van der Waals surface area contributed by atoms with Crippen molar-refractivity contribution in [2.24, 2.45) is 0 Å². The maximum atomic E-state index is 13.5. The Bertz CT molecular complexity index is 1020. The molecule has 0 aliphatic carbocycles. The van der Waals surface area contributed by atoms with Crippen molar-refractivity contribution in [2.75, 3.05) is 32.8 Å². The van der Waals surface area contributed by atoms with Gasteiger partial charge < -0.3 is 19.5 Å². The third kappa shape index (κ3) is 4.28. The molecule has 3 aromatic carbocycles. The molecular formula is C26H27NO4. The van der Waals surface area contributed by atoms with Gasteiger partial charge in [-0.15, -0.1) is 0 Å². The molecule has 31 heavy (non-hydrogen) atoms. The van der Waals surface area contributed by atoms with Crippen LogP contribution in [0, 0.1) is 0 Å². The number of methoxy groups -OCH3 is 2. The largest absolute Gasteiger partial charge is 0.497 e. The van der Waals surface area contributed by atoms with Crippen molar-refractivity contribution < 1.29 is 19.0 Å². The van der Waals surface area contributed by atoms with Gasteiger partial charge in [-0.2, -0.15) is 0 Å². The Labute approximate surface area is 183 Å². The lowest BCUT2D eigenvalue weighted by Gasteiger charge is -2.36. The van der Waals surface area contributed by atoms with Gasteiger partial charge in [0.1, 0.15) is 11.5 Å². The predicted molar refractivity (Wildman–Crippen MR) is 122 cm³/mol. The summed E-state index contributed by atoms with van der Waals surface area (Å²) in [5, 5.41) is 3.13. The zero-order valence-electron chi connectivity index (χ0n) is 17.9. The summed E-state index contributed by atoms with van der Waals surface area (Å²) >= 11 is 0. The number of benzene rings is 3. The van der Waals surface area contributed by atoms with Crippen molar-refractivity contribution in [3.63, 3.8) is 0 Å². The molecule has 4 rings (SSSR count). The van der Waals surface area contributed by atoms with Crippen LogP contribution in [0.2, 0.25) is 0 Å². The highest BCUT2D eigenvalue weighted by Gasteiger charge is 2.41. The number of para-hydroxylation sites is 1. The first kappa shape index (κ1) is 20.9. The van der Waals surface area contributed by atoms with E-state index in [0.717, 1.165) is 33.9 Å². The van der Waals surface area contributed by atoms with Crippen LogP contribution in [-0.2, 0) is 14.9 Å². The molecule has 0 atom stereocenters. The fraction of sp³-hybridized carbons (Fsp3) is 0.269. The van der Waals surface area contributed by atoms with Gasteiger partial charge in [0, 0.05) is 24.5 Å². The summed E-state index contributed by atoms with van der Waals surface area (Å²) < 4.78 is 16.3. The number of carbonyl (C=O) groups is 1. The summed E-state index contributed by atoms with van der Waals surface area (Å²) in [7, 11) is 3.31. The number of ether oxygens (including phenoxy) is 3. The number of carbonyl (C=O) groups excluding carboxylic acids is 1. The summed E-state index contributed by atoms with van der Waals surface area (Å²) in [4.78, 5) is 13.5. The number of anilines is 1. The highest BCUT2D eigenvalue weighted by molar-refractivity contribution is 5.99. The van der Waals surface area contributed by atoms with Crippen LogP contribution >= 0.6 is 0 Å². The van der Waals surface area contributed by atoms with Gasteiger partial charge in [-0.25, -0.2) is 0 Å². The average Bonchev–Trinajstić information content (AvgIpc) is 2.85. The van der Waals surface area contributed by atoms with Crippen LogP contribution < -0.4 is 14.8 Å². The third-order valence-electron chi connectivity index (χ3n) is 5.98. The summed E-state index contributed by atoms with van der Waals surface area (Å²) in [5.41, 5.74) is 3.18. The van der Waals surface area contributed by atoms with E-state index < -0.39 is 5.41 Å². The molecule has 3 aromatic rings. The SMILES string of the molecule is COc1ccc(C2(C(=O)Nc3ccc(-c4ccccc4OC)cc3)CCOCC2)cc1. The minimum absolute atomic E-state index is 0.00833. The van der Waals surface area contributed by atoms with Gasteiger partial charge in [0.15, 0.2) is 0 Å². The maximum Gasteiger partial charge on any atom is 0.235 e.